The molecule has 1 aliphatic rings. The van der Waals surface area contributed by atoms with Gasteiger partial charge in [-0.2, -0.15) is 5.26 Å². The topological polar surface area (TPSA) is 163 Å². The molecule has 49 heavy (non-hydrogen) atoms. The van der Waals surface area contributed by atoms with Crippen LogP contribution in [0.2, 0.25) is 0 Å². The number of carboxylic acid groups (broad SMARTS) is 2. The van der Waals surface area contributed by atoms with Gasteiger partial charge in [0.25, 0.3) is 0 Å². The van der Waals surface area contributed by atoms with Crippen LogP contribution < -0.4 is 26.6 Å². The molecule has 0 spiro atoms. The Kier molecular flexibility index (Phi) is 12.7. The highest BCUT2D eigenvalue weighted by atomic mass is 32.2. The van der Waals surface area contributed by atoms with E-state index in [0.717, 1.165) is 21.2 Å². The van der Waals surface area contributed by atoms with E-state index in [4.69, 9.17) is 0 Å². The first-order chi connectivity index (χ1) is 23.5. The molecule has 8 nitrogen and oxygen atoms in total. The number of hydrogen-bond acceptors (Lipinski definition) is 7. The third kappa shape index (κ3) is 9.58. The molecule has 250 valence electrons. The average Bonchev–Trinajstić information content (AvgIpc) is 3.11. The van der Waals surface area contributed by atoms with Crippen molar-refractivity contribution < 1.29 is 31.3 Å². The molecule has 0 aromatic heterocycles. The Hall–Kier alpha value is -5.40. The Morgan fingerprint density at radius 2 is 1.22 bits per heavy atom. The van der Waals surface area contributed by atoms with Gasteiger partial charge in [0, 0.05) is 38.1 Å². The summed E-state index contributed by atoms with van der Waals surface area (Å²) in [6, 6.07) is 41.1. The number of para-hydroxylation sites is 1. The second-order valence-electron chi connectivity index (χ2n) is 11.9. The largest absolute Gasteiger partial charge is 0.545 e. The quantitative estimate of drug-likeness (QED) is 0.257. The molecule has 0 saturated carbocycles. The Balaban J connectivity index is 0.000000243. The number of benzene rings is 5. The summed E-state index contributed by atoms with van der Waals surface area (Å²) >= 11 is 1.63. The zero-order valence-corrected chi connectivity index (χ0v) is 28.7. The van der Waals surface area contributed by atoms with Crippen LogP contribution in [0.3, 0.4) is 0 Å². The van der Waals surface area contributed by atoms with Crippen LogP contribution in [0, 0.1) is 11.3 Å². The van der Waals surface area contributed by atoms with Crippen molar-refractivity contribution in [2.24, 2.45) is 0 Å². The van der Waals surface area contributed by atoms with Crippen LogP contribution >= 0.6 is 11.8 Å². The lowest BCUT2D eigenvalue weighted by atomic mass is 9.98. The van der Waals surface area contributed by atoms with Crippen molar-refractivity contribution >= 4 is 35.1 Å². The van der Waals surface area contributed by atoms with Crippen LogP contribution in [0.1, 0.15) is 75.8 Å². The van der Waals surface area contributed by atoms with Crippen molar-refractivity contribution in [1.29, 1.82) is 5.26 Å². The minimum atomic E-state index is -1.56. The molecule has 1 heterocycles. The predicted molar refractivity (Wildman–Crippen MR) is 188 cm³/mol. The molecular weight excluding hydrogens is 633 g/mol. The van der Waals surface area contributed by atoms with Gasteiger partial charge in [0.2, 0.25) is 0 Å². The Labute approximate surface area is 291 Å². The van der Waals surface area contributed by atoms with Gasteiger partial charge in [0.1, 0.15) is 12.1 Å². The molecule has 5 aromatic rings. The van der Waals surface area contributed by atoms with E-state index in [2.05, 4.69) is 60.5 Å². The summed E-state index contributed by atoms with van der Waals surface area (Å²) in [5.41, 5.74) is 12.7. The molecule has 0 bridgehead atoms. The van der Waals surface area contributed by atoms with E-state index in [0.29, 0.717) is 29.6 Å². The molecule has 5 aromatic carbocycles. The third-order valence-electron chi connectivity index (χ3n) is 7.93. The van der Waals surface area contributed by atoms with E-state index in [1.54, 1.807) is 23.9 Å². The smallest absolute Gasteiger partial charge is 0.107 e. The summed E-state index contributed by atoms with van der Waals surface area (Å²) in [6.45, 7) is 6.19. The molecule has 0 fully saturated rings. The highest BCUT2D eigenvalue weighted by molar-refractivity contribution is 7.99. The number of aromatic carboxylic acids is 2. The number of carbonyl (C=O) groups is 2. The van der Waals surface area contributed by atoms with E-state index in [-0.39, 0.29) is 6.04 Å². The van der Waals surface area contributed by atoms with Gasteiger partial charge < -0.3 is 36.2 Å². The first kappa shape index (κ1) is 36.4. The van der Waals surface area contributed by atoms with Gasteiger partial charge >= 0.3 is 0 Å². The molecular formula is C40H40N4O4S. The van der Waals surface area contributed by atoms with Crippen LogP contribution in [-0.4, -0.2) is 18.0 Å². The number of carbonyl (C=O) groups excluding carboxylic acids is 2. The molecule has 9 heteroatoms. The molecule has 6 rings (SSSR count). The van der Waals surface area contributed by atoms with Gasteiger partial charge in [0.05, 0.1) is 34.9 Å². The van der Waals surface area contributed by atoms with Gasteiger partial charge in [-0.1, -0.05) is 96.7 Å². The number of fused-ring (bicyclic) bond motifs is 2. The maximum atomic E-state index is 11.4. The summed E-state index contributed by atoms with van der Waals surface area (Å²) in [5.74, 6) is -3.11. The summed E-state index contributed by atoms with van der Waals surface area (Å²) in [5, 5.41) is 32.0. The van der Waals surface area contributed by atoms with Crippen molar-refractivity contribution in [2.45, 2.75) is 55.1 Å². The summed E-state index contributed by atoms with van der Waals surface area (Å²) in [4.78, 5) is 26.9. The lowest BCUT2D eigenvalue weighted by Crippen LogP contribution is -2.51. The molecule has 6 N–H and O–H groups in total. The van der Waals surface area contributed by atoms with E-state index < -0.39 is 23.1 Å². The second-order valence-corrected chi connectivity index (χ2v) is 12.9. The predicted octanol–water partition coefficient (Wildman–Crippen LogP) is 4.50. The fourth-order valence-electron chi connectivity index (χ4n) is 5.39. The van der Waals surface area contributed by atoms with E-state index in [9.17, 15) is 25.1 Å². The van der Waals surface area contributed by atoms with Gasteiger partial charge in [0.15, 0.2) is 0 Å². The number of rotatable bonds is 7. The molecule has 0 aliphatic carbocycles. The van der Waals surface area contributed by atoms with Gasteiger partial charge in [-0.05, 0) is 69.2 Å². The van der Waals surface area contributed by atoms with Gasteiger partial charge in [-0.3, -0.25) is 0 Å². The standard InChI is InChI=1S/C24H18N2O4S.2C8H11N/c1-14(10-15-6-8-17(23(27)28)18(11-15)24(29)30)26-19-4-2-3-5-21(19)31-22-9-7-16(13-25)12-20(22)26;2*1-7(9)8-5-3-2-4-6-8/h2-9,11-12,14H,10H2,1H3,(H,27,28)(H,29,30);2*2-7H,9H2,1H3/t14-;2*7-/m111/s1. The maximum absolute atomic E-state index is 11.4. The monoisotopic (exact) mass is 672 g/mol. The molecule has 1 aliphatic heterocycles. The van der Waals surface area contributed by atoms with Crippen molar-refractivity contribution in [1.82, 2.24) is 0 Å². The minimum Gasteiger partial charge on any atom is -0.545 e. The maximum Gasteiger partial charge on any atom is 0.107 e. The van der Waals surface area contributed by atoms with Gasteiger partial charge in [-0.15, -0.1) is 0 Å². The van der Waals surface area contributed by atoms with Crippen LogP contribution in [0.4, 0.5) is 11.4 Å². The third-order valence-corrected chi connectivity index (χ3v) is 9.06. The highest BCUT2D eigenvalue weighted by Crippen LogP contribution is 2.49. The van der Waals surface area contributed by atoms with Crippen LogP contribution in [0.25, 0.3) is 0 Å². The fourth-order valence-corrected chi connectivity index (χ4v) is 6.44. The summed E-state index contributed by atoms with van der Waals surface area (Å²) in [7, 11) is 0. The van der Waals surface area contributed by atoms with Crippen LogP contribution in [0.5, 0.6) is 0 Å². The van der Waals surface area contributed by atoms with Crippen molar-refractivity contribution in [3.63, 3.8) is 0 Å². The Morgan fingerprint density at radius 3 is 1.73 bits per heavy atom. The zero-order valence-electron chi connectivity index (χ0n) is 27.8. The first-order valence-corrected chi connectivity index (χ1v) is 16.7. The molecule has 0 unspecified atom stereocenters. The molecule has 0 radical (unpaired) electrons. The number of nitriles is 1. The van der Waals surface area contributed by atoms with E-state index >= 15 is 0 Å². The van der Waals surface area contributed by atoms with E-state index in [1.165, 1.54) is 23.3 Å². The van der Waals surface area contributed by atoms with E-state index in [1.807, 2.05) is 79.7 Å². The summed E-state index contributed by atoms with van der Waals surface area (Å²) < 4.78 is 0. The SMILES string of the molecule is C[C@@H]([NH3+])c1ccccc1.C[C@@H]([NH3+])c1ccccc1.C[C@H](Cc1ccc(C(=O)[O-])c(C(=O)[O-])c1)N1c2ccccc2Sc2ccc(C#N)cc21. The van der Waals surface area contributed by atoms with Crippen LogP contribution in [-0.2, 0) is 6.42 Å². The molecule has 0 saturated heterocycles. The van der Waals surface area contributed by atoms with Crippen molar-refractivity contribution in [2.75, 3.05) is 4.90 Å². The normalized spacial score (nSPS) is 13.0. The Morgan fingerprint density at radius 1 is 0.694 bits per heavy atom. The highest BCUT2D eigenvalue weighted by Gasteiger charge is 2.27. The fraction of sp³-hybridized carbons (Fsp3) is 0.175. The van der Waals surface area contributed by atoms with Crippen molar-refractivity contribution in [3.05, 3.63) is 155 Å². The lowest BCUT2D eigenvalue weighted by molar-refractivity contribution is -0.420. The van der Waals surface area contributed by atoms with Crippen LogP contribution in [0.15, 0.2) is 131 Å². The number of nitrogens with zero attached hydrogens (tertiary/aromatic N) is 2. The summed E-state index contributed by atoms with van der Waals surface area (Å²) in [6.07, 6.45) is 0.447. The number of anilines is 2. The minimum absolute atomic E-state index is 0.113. The number of hydrogen-bond donors (Lipinski definition) is 2. The van der Waals surface area contributed by atoms with Crippen molar-refractivity contribution in [3.8, 4) is 6.07 Å². The lowest BCUT2D eigenvalue weighted by Gasteiger charge is -2.37. The number of quaternary nitrogens is 2. The first-order valence-electron chi connectivity index (χ1n) is 15.9. The second kappa shape index (κ2) is 17.1. The number of carboxylic acids is 2. The average molecular weight is 673 g/mol. The Bertz CT molecular complexity index is 1880. The molecule has 3 atom stereocenters. The van der Waals surface area contributed by atoms with Gasteiger partial charge in [-0.25, -0.2) is 0 Å². The molecule has 0 amide bonds. The zero-order chi connectivity index (χ0) is 35.5.